The van der Waals surface area contributed by atoms with Gasteiger partial charge in [-0.3, -0.25) is 4.21 Å². The Morgan fingerprint density at radius 1 is 0.958 bits per heavy atom. The number of hydrogen-bond donors (Lipinski definition) is 1. The molecule has 2 N–H and O–H groups in total. The lowest BCUT2D eigenvalue weighted by molar-refractivity contribution is 0.598. The topological polar surface area (TPSA) is 82.2 Å². The minimum atomic E-state index is -3.70. The molecule has 1 atom stereocenters. The summed E-state index contributed by atoms with van der Waals surface area (Å²) >= 11 is 0. The highest BCUT2D eigenvalue weighted by Gasteiger charge is 2.10. The van der Waals surface area contributed by atoms with Crippen molar-refractivity contribution in [3.63, 3.8) is 0 Å². The average Bonchev–Trinajstić information content (AvgIpc) is 3.04. The molecular weight excluding hydrogens is 344 g/mol. The summed E-state index contributed by atoms with van der Waals surface area (Å²) in [6.07, 6.45) is 3.56. The van der Waals surface area contributed by atoms with Gasteiger partial charge >= 0.3 is 0 Å². The highest BCUT2D eigenvalue weighted by atomic mass is 32.2. The van der Waals surface area contributed by atoms with Gasteiger partial charge in [0.15, 0.2) is 0 Å². The fraction of sp³-hybridized carbons (Fsp3) is 0.0588. The zero-order valence-corrected chi connectivity index (χ0v) is 14.5. The molecule has 0 fully saturated rings. The Morgan fingerprint density at radius 2 is 1.58 bits per heavy atom. The molecule has 2 aromatic carbocycles. The van der Waals surface area contributed by atoms with Gasteiger partial charge in [0.2, 0.25) is 10.0 Å². The average molecular weight is 360 g/mol. The number of sulfonamides is 1. The minimum absolute atomic E-state index is 0.0825. The van der Waals surface area contributed by atoms with Gasteiger partial charge in [-0.2, -0.15) is 0 Å². The van der Waals surface area contributed by atoms with Gasteiger partial charge in [-0.05, 0) is 54.1 Å². The van der Waals surface area contributed by atoms with Gasteiger partial charge in [0.25, 0.3) is 0 Å². The van der Waals surface area contributed by atoms with Crippen LogP contribution in [0.3, 0.4) is 0 Å². The maximum absolute atomic E-state index is 11.5. The Hall–Kier alpha value is -2.22. The van der Waals surface area contributed by atoms with Gasteiger partial charge in [0.1, 0.15) is 0 Å². The first-order valence-electron chi connectivity index (χ1n) is 7.11. The molecule has 0 saturated carbocycles. The number of nitrogens with zero attached hydrogens (tertiary/aromatic N) is 1. The van der Waals surface area contributed by atoms with Crippen molar-refractivity contribution in [3.8, 4) is 16.9 Å². The van der Waals surface area contributed by atoms with E-state index in [4.69, 9.17) is 5.14 Å². The number of hydrogen-bond acceptors (Lipinski definition) is 3. The first kappa shape index (κ1) is 16.6. The molecule has 0 aliphatic carbocycles. The summed E-state index contributed by atoms with van der Waals surface area (Å²) in [7, 11) is -4.71. The second kappa shape index (κ2) is 6.35. The monoisotopic (exact) mass is 360 g/mol. The summed E-state index contributed by atoms with van der Waals surface area (Å²) in [4.78, 5) is 0.851. The fourth-order valence-electron chi connectivity index (χ4n) is 2.46. The molecule has 7 heteroatoms. The molecule has 0 aliphatic heterocycles. The lowest BCUT2D eigenvalue weighted by Gasteiger charge is -2.10. The maximum atomic E-state index is 11.5. The molecule has 0 spiro atoms. The van der Waals surface area contributed by atoms with Crippen molar-refractivity contribution in [2.75, 3.05) is 6.26 Å². The Labute approximate surface area is 143 Å². The predicted molar refractivity (Wildman–Crippen MR) is 94.9 cm³/mol. The van der Waals surface area contributed by atoms with E-state index in [-0.39, 0.29) is 4.90 Å². The van der Waals surface area contributed by atoms with Crippen molar-refractivity contribution in [2.24, 2.45) is 5.14 Å². The third-order valence-electron chi connectivity index (χ3n) is 3.67. The predicted octanol–water partition coefficient (Wildman–Crippen LogP) is 2.53. The highest BCUT2D eigenvalue weighted by molar-refractivity contribution is 7.89. The number of benzene rings is 2. The van der Waals surface area contributed by atoms with Crippen molar-refractivity contribution in [3.05, 3.63) is 66.9 Å². The van der Waals surface area contributed by atoms with E-state index in [1.165, 1.54) is 12.1 Å². The third kappa shape index (κ3) is 3.33. The van der Waals surface area contributed by atoms with Crippen LogP contribution in [0.2, 0.25) is 0 Å². The molecular formula is C17H16N2O3S2. The van der Waals surface area contributed by atoms with E-state index >= 15 is 0 Å². The molecule has 1 heterocycles. The number of nitrogens with two attached hydrogens (primary N) is 1. The number of primary sulfonamides is 1. The molecule has 124 valence electrons. The molecule has 3 aromatic rings. The van der Waals surface area contributed by atoms with E-state index in [9.17, 15) is 12.6 Å². The van der Waals surface area contributed by atoms with Gasteiger partial charge in [-0.25, -0.2) is 13.6 Å². The van der Waals surface area contributed by atoms with Gasteiger partial charge in [-0.15, -0.1) is 0 Å². The lowest BCUT2D eigenvalue weighted by Crippen LogP contribution is -2.11. The Bertz CT molecular complexity index is 989. The second-order valence-corrected chi connectivity index (χ2v) is 8.22. The van der Waals surface area contributed by atoms with Crippen LogP contribution in [-0.4, -0.2) is 23.4 Å². The van der Waals surface area contributed by atoms with Crippen LogP contribution in [0.4, 0.5) is 0 Å². The van der Waals surface area contributed by atoms with Gasteiger partial charge < -0.3 is 4.57 Å². The molecule has 1 aromatic heterocycles. The summed E-state index contributed by atoms with van der Waals surface area (Å²) in [5.74, 6) is 0. The first-order chi connectivity index (χ1) is 11.4. The van der Waals surface area contributed by atoms with Crippen molar-refractivity contribution in [2.45, 2.75) is 9.79 Å². The fourth-order valence-corrected chi connectivity index (χ4v) is 3.49. The van der Waals surface area contributed by atoms with Crippen LogP contribution in [0.5, 0.6) is 0 Å². The number of aromatic nitrogens is 1. The zero-order chi connectivity index (χ0) is 17.3. The van der Waals surface area contributed by atoms with Gasteiger partial charge in [0, 0.05) is 33.8 Å². The van der Waals surface area contributed by atoms with Crippen molar-refractivity contribution in [1.82, 2.24) is 4.57 Å². The van der Waals surface area contributed by atoms with E-state index < -0.39 is 20.8 Å². The Morgan fingerprint density at radius 3 is 2.12 bits per heavy atom. The zero-order valence-electron chi connectivity index (χ0n) is 12.9. The smallest absolute Gasteiger partial charge is 0.238 e. The van der Waals surface area contributed by atoms with Crippen LogP contribution in [0.1, 0.15) is 0 Å². The molecule has 0 saturated heterocycles. The van der Waals surface area contributed by atoms with Crippen LogP contribution in [-0.2, 0) is 20.8 Å². The first-order valence-corrected chi connectivity index (χ1v) is 10.2. The van der Waals surface area contributed by atoms with Crippen molar-refractivity contribution in [1.29, 1.82) is 0 Å². The van der Waals surface area contributed by atoms with Gasteiger partial charge in [-0.1, -0.05) is 12.1 Å². The minimum Gasteiger partial charge on any atom is -0.317 e. The van der Waals surface area contributed by atoms with Crippen molar-refractivity contribution >= 4 is 20.8 Å². The summed E-state index contributed by atoms with van der Waals surface area (Å²) in [6, 6.07) is 17.8. The van der Waals surface area contributed by atoms with E-state index in [1.807, 2.05) is 47.2 Å². The normalized spacial score (nSPS) is 12.9. The SMILES string of the molecule is CS(=O)c1ccc(-n2cccc2-c2ccc(S(N)(=O)=O)cc2)cc1. The molecule has 0 bridgehead atoms. The molecule has 5 nitrogen and oxygen atoms in total. The van der Waals surface area contributed by atoms with E-state index in [0.717, 1.165) is 21.8 Å². The molecule has 3 rings (SSSR count). The molecule has 1 unspecified atom stereocenters. The third-order valence-corrected chi connectivity index (χ3v) is 5.54. The second-order valence-electron chi connectivity index (χ2n) is 5.28. The molecule has 0 aliphatic rings. The van der Waals surface area contributed by atoms with Gasteiger partial charge in [0.05, 0.1) is 10.6 Å². The quantitative estimate of drug-likeness (QED) is 0.776. The van der Waals surface area contributed by atoms with E-state index in [0.29, 0.717) is 0 Å². The lowest BCUT2D eigenvalue weighted by atomic mass is 10.1. The molecule has 0 radical (unpaired) electrons. The van der Waals surface area contributed by atoms with E-state index in [1.54, 1.807) is 18.4 Å². The molecule has 0 amide bonds. The summed E-state index contributed by atoms with van der Waals surface area (Å²) < 4.78 is 36.2. The Balaban J connectivity index is 2.00. The number of rotatable bonds is 4. The van der Waals surface area contributed by atoms with Crippen molar-refractivity contribution < 1.29 is 12.6 Å². The van der Waals surface area contributed by atoms with E-state index in [2.05, 4.69) is 0 Å². The van der Waals surface area contributed by atoms with Crippen LogP contribution >= 0.6 is 0 Å². The largest absolute Gasteiger partial charge is 0.317 e. The standard InChI is InChI=1S/C17H16N2O3S2/c1-23(20)15-8-6-14(7-9-15)19-12-2-3-17(19)13-4-10-16(11-5-13)24(18,21)22/h2-12H,1H3,(H2,18,21,22). The highest BCUT2D eigenvalue weighted by Crippen LogP contribution is 2.25. The Kier molecular flexibility index (Phi) is 4.40. The summed E-state index contributed by atoms with van der Waals surface area (Å²) in [6.45, 7) is 0. The summed E-state index contributed by atoms with van der Waals surface area (Å²) in [5.41, 5.74) is 2.72. The van der Waals surface area contributed by atoms with Crippen LogP contribution < -0.4 is 5.14 Å². The van der Waals surface area contributed by atoms with Crippen LogP contribution in [0.25, 0.3) is 16.9 Å². The summed E-state index contributed by atoms with van der Waals surface area (Å²) in [5, 5.41) is 5.13. The molecule has 24 heavy (non-hydrogen) atoms. The van der Waals surface area contributed by atoms with Crippen LogP contribution in [0.15, 0.2) is 76.7 Å². The maximum Gasteiger partial charge on any atom is 0.238 e. The van der Waals surface area contributed by atoms with Crippen LogP contribution in [0, 0.1) is 0 Å².